The lowest BCUT2D eigenvalue weighted by Gasteiger charge is -2.23. The van der Waals surface area contributed by atoms with Crippen molar-refractivity contribution >= 4 is 23.4 Å². The maximum absolute atomic E-state index is 13.2. The summed E-state index contributed by atoms with van der Waals surface area (Å²) in [6.45, 7) is 5.96. The monoisotopic (exact) mass is 413 g/mol. The zero-order valence-corrected chi connectivity index (χ0v) is 17.6. The highest BCUT2D eigenvalue weighted by Crippen LogP contribution is 2.36. The standard InChI is InChI=1S/C22H24ClN3O3/c1-14-12-17(16-4-6-18(23)7-5-16)13-15(2)19(14)20-21(27)25-10-8-24(29-3)9-11-26(25)22(20)28/h4-7,12-13,20H,8-11H2,1-3H3. The lowest BCUT2D eigenvalue weighted by atomic mass is 9.87. The van der Waals surface area contributed by atoms with Gasteiger partial charge in [-0.2, -0.15) is 5.06 Å². The fourth-order valence-corrected chi connectivity index (χ4v) is 4.42. The molecule has 6 nitrogen and oxygen atoms in total. The number of halogens is 1. The van der Waals surface area contributed by atoms with Crippen LogP contribution >= 0.6 is 11.6 Å². The minimum absolute atomic E-state index is 0.154. The molecule has 7 heteroatoms. The Labute approximate surface area is 175 Å². The lowest BCUT2D eigenvalue weighted by Crippen LogP contribution is -2.41. The summed E-state index contributed by atoms with van der Waals surface area (Å²) in [4.78, 5) is 31.6. The first-order chi connectivity index (χ1) is 13.9. The van der Waals surface area contributed by atoms with Crippen LogP contribution in [-0.2, 0) is 14.4 Å². The first-order valence-electron chi connectivity index (χ1n) is 9.69. The normalized spacial score (nSPS) is 18.3. The molecule has 0 radical (unpaired) electrons. The zero-order chi connectivity index (χ0) is 20.7. The molecule has 152 valence electrons. The second kappa shape index (κ2) is 7.78. The summed E-state index contributed by atoms with van der Waals surface area (Å²) < 4.78 is 0. The Morgan fingerprint density at radius 3 is 1.86 bits per heavy atom. The maximum Gasteiger partial charge on any atom is 0.258 e. The third-order valence-electron chi connectivity index (χ3n) is 5.73. The van der Waals surface area contributed by atoms with Gasteiger partial charge in [0.1, 0.15) is 5.92 Å². The average molecular weight is 414 g/mol. The van der Waals surface area contributed by atoms with Crippen LogP contribution in [0.1, 0.15) is 22.6 Å². The summed E-state index contributed by atoms with van der Waals surface area (Å²) in [7, 11) is 1.60. The van der Waals surface area contributed by atoms with E-state index in [-0.39, 0.29) is 11.8 Å². The van der Waals surface area contributed by atoms with Gasteiger partial charge < -0.3 is 4.84 Å². The molecule has 0 aliphatic carbocycles. The number of carbonyl (C=O) groups excluding carboxylic acids is 2. The summed E-state index contributed by atoms with van der Waals surface area (Å²) in [5, 5.41) is 5.62. The van der Waals surface area contributed by atoms with Gasteiger partial charge in [0.2, 0.25) is 0 Å². The fourth-order valence-electron chi connectivity index (χ4n) is 4.30. The molecule has 0 N–H and O–H groups in total. The van der Waals surface area contributed by atoms with Crippen LogP contribution in [-0.4, -0.2) is 60.2 Å². The topological polar surface area (TPSA) is 53.1 Å². The number of aryl methyl sites for hydroxylation is 2. The summed E-state index contributed by atoms with van der Waals surface area (Å²) in [5.74, 6) is -1.08. The highest BCUT2D eigenvalue weighted by Gasteiger charge is 2.48. The van der Waals surface area contributed by atoms with Gasteiger partial charge in [-0.15, -0.1) is 0 Å². The molecule has 0 spiro atoms. The molecule has 2 aromatic carbocycles. The van der Waals surface area contributed by atoms with E-state index < -0.39 is 5.92 Å². The third-order valence-corrected chi connectivity index (χ3v) is 5.99. The Morgan fingerprint density at radius 2 is 1.38 bits per heavy atom. The number of hydrogen-bond donors (Lipinski definition) is 0. The van der Waals surface area contributed by atoms with E-state index in [1.807, 2.05) is 50.2 Å². The average Bonchev–Trinajstić information content (AvgIpc) is 2.85. The molecule has 2 fully saturated rings. The second-order valence-electron chi connectivity index (χ2n) is 7.50. The lowest BCUT2D eigenvalue weighted by molar-refractivity contribution is -0.145. The van der Waals surface area contributed by atoms with Crippen molar-refractivity contribution in [3.63, 3.8) is 0 Å². The largest absolute Gasteiger partial charge is 0.302 e. The summed E-state index contributed by atoms with van der Waals surface area (Å²) in [6.07, 6.45) is 0. The third kappa shape index (κ3) is 3.52. The summed E-state index contributed by atoms with van der Waals surface area (Å²) in [6, 6.07) is 11.7. The molecule has 0 unspecified atom stereocenters. The predicted molar refractivity (Wildman–Crippen MR) is 111 cm³/mol. The van der Waals surface area contributed by atoms with Crippen molar-refractivity contribution in [2.24, 2.45) is 0 Å². The van der Waals surface area contributed by atoms with Gasteiger partial charge in [0.15, 0.2) is 0 Å². The van der Waals surface area contributed by atoms with Crippen LogP contribution in [0.5, 0.6) is 0 Å². The number of hydrogen-bond acceptors (Lipinski definition) is 4. The van der Waals surface area contributed by atoms with Crippen molar-refractivity contribution in [3.05, 3.63) is 58.1 Å². The minimum Gasteiger partial charge on any atom is -0.302 e. The molecular formula is C22H24ClN3O3. The van der Waals surface area contributed by atoms with Gasteiger partial charge in [-0.3, -0.25) is 9.59 Å². The number of carbonyl (C=O) groups is 2. The summed E-state index contributed by atoms with van der Waals surface area (Å²) >= 11 is 6.00. The molecule has 29 heavy (non-hydrogen) atoms. The highest BCUT2D eigenvalue weighted by atomic mass is 35.5. The van der Waals surface area contributed by atoms with E-state index in [0.29, 0.717) is 31.2 Å². The molecule has 2 saturated heterocycles. The van der Waals surface area contributed by atoms with E-state index in [1.165, 1.54) is 0 Å². The number of benzene rings is 2. The van der Waals surface area contributed by atoms with Gasteiger partial charge in [-0.25, -0.2) is 10.0 Å². The molecule has 2 aliphatic rings. The van der Waals surface area contributed by atoms with Crippen molar-refractivity contribution in [3.8, 4) is 11.1 Å². The molecule has 2 aliphatic heterocycles. The molecule has 0 aromatic heterocycles. The SMILES string of the molecule is CON1CCN2C(=O)C(c3c(C)cc(-c4ccc(Cl)cc4)cc3C)C(=O)N2CC1. The van der Waals surface area contributed by atoms with Crippen molar-refractivity contribution < 1.29 is 14.4 Å². The van der Waals surface area contributed by atoms with Crippen LogP contribution in [0.15, 0.2) is 36.4 Å². The fraction of sp³-hybridized carbons (Fsp3) is 0.364. The zero-order valence-electron chi connectivity index (χ0n) is 16.8. The molecule has 2 aromatic rings. The molecule has 0 saturated carbocycles. The number of rotatable bonds is 3. The number of fused-ring (bicyclic) bond motifs is 1. The molecule has 4 rings (SSSR count). The first kappa shape index (κ1) is 19.9. The smallest absolute Gasteiger partial charge is 0.258 e. The number of hydrazine groups is 1. The highest BCUT2D eigenvalue weighted by molar-refractivity contribution is 6.30. The van der Waals surface area contributed by atoms with Crippen LogP contribution in [0.4, 0.5) is 0 Å². The molecular weight excluding hydrogens is 390 g/mol. The van der Waals surface area contributed by atoms with Crippen LogP contribution in [0.2, 0.25) is 5.02 Å². The van der Waals surface area contributed by atoms with Crippen molar-refractivity contribution in [2.75, 3.05) is 33.3 Å². The van der Waals surface area contributed by atoms with Gasteiger partial charge in [0, 0.05) is 18.1 Å². The van der Waals surface area contributed by atoms with Crippen molar-refractivity contribution in [1.29, 1.82) is 0 Å². The molecule has 0 bridgehead atoms. The van der Waals surface area contributed by atoms with E-state index in [9.17, 15) is 9.59 Å². The van der Waals surface area contributed by atoms with Crippen LogP contribution in [0.3, 0.4) is 0 Å². The predicted octanol–water partition coefficient (Wildman–Crippen LogP) is 3.17. The Balaban J connectivity index is 1.67. The Kier molecular flexibility index (Phi) is 5.34. The number of nitrogens with zero attached hydrogens (tertiary/aromatic N) is 3. The van der Waals surface area contributed by atoms with Gasteiger partial charge >= 0.3 is 0 Å². The van der Waals surface area contributed by atoms with Crippen molar-refractivity contribution in [1.82, 2.24) is 15.1 Å². The Hall–Kier alpha value is -2.41. The first-order valence-corrected chi connectivity index (χ1v) is 10.1. The van der Waals surface area contributed by atoms with E-state index in [1.54, 1.807) is 22.2 Å². The van der Waals surface area contributed by atoms with Crippen LogP contribution in [0.25, 0.3) is 11.1 Å². The van der Waals surface area contributed by atoms with E-state index in [2.05, 4.69) is 0 Å². The quantitative estimate of drug-likeness (QED) is 0.725. The molecule has 2 amide bonds. The Bertz CT molecular complexity index is 911. The minimum atomic E-state index is -0.775. The summed E-state index contributed by atoms with van der Waals surface area (Å²) in [5.41, 5.74) is 4.80. The van der Waals surface area contributed by atoms with E-state index in [4.69, 9.17) is 16.4 Å². The number of hydroxylamine groups is 2. The van der Waals surface area contributed by atoms with Crippen molar-refractivity contribution in [2.45, 2.75) is 19.8 Å². The Morgan fingerprint density at radius 1 is 0.862 bits per heavy atom. The van der Waals surface area contributed by atoms with E-state index >= 15 is 0 Å². The van der Waals surface area contributed by atoms with Crippen LogP contribution in [0, 0.1) is 13.8 Å². The van der Waals surface area contributed by atoms with E-state index in [0.717, 1.165) is 27.8 Å². The van der Waals surface area contributed by atoms with Gasteiger partial charge in [-0.1, -0.05) is 35.9 Å². The maximum atomic E-state index is 13.2. The van der Waals surface area contributed by atoms with Gasteiger partial charge in [-0.05, 0) is 53.8 Å². The molecule has 0 atom stereocenters. The number of amides is 2. The molecule has 2 heterocycles. The van der Waals surface area contributed by atoms with Crippen LogP contribution < -0.4 is 0 Å². The van der Waals surface area contributed by atoms with Gasteiger partial charge in [0.25, 0.3) is 11.8 Å². The van der Waals surface area contributed by atoms with Gasteiger partial charge in [0.05, 0.1) is 20.2 Å². The second-order valence-corrected chi connectivity index (χ2v) is 7.93.